The quantitative estimate of drug-likeness (QED) is 0.0505. The number of aliphatic hydroxyl groups excluding tert-OH is 1. The summed E-state index contributed by atoms with van der Waals surface area (Å²) in [6.07, 6.45) is 2.50. The van der Waals surface area contributed by atoms with Gasteiger partial charge in [-0.2, -0.15) is 0 Å². The average molecular weight is 829 g/mol. The lowest BCUT2D eigenvalue weighted by molar-refractivity contribution is -0.169. The molecule has 0 aliphatic heterocycles. The number of aromatic amines is 1. The summed E-state index contributed by atoms with van der Waals surface area (Å²) in [5, 5.41) is 43.3. The van der Waals surface area contributed by atoms with E-state index < -0.39 is 17.7 Å². The Morgan fingerprint density at radius 3 is 2.39 bits per heavy atom. The molecule has 0 saturated heterocycles. The van der Waals surface area contributed by atoms with E-state index in [9.17, 15) is 29.7 Å². The van der Waals surface area contributed by atoms with Crippen LogP contribution < -0.4 is 20.9 Å². The molecule has 16 heteroatoms. The molecular formula is C40H46ClFN4O8S2. The van der Waals surface area contributed by atoms with Crippen molar-refractivity contribution in [2.45, 2.75) is 62.4 Å². The molecule has 3 heterocycles. The Kier molecular flexibility index (Phi) is 14.7. The van der Waals surface area contributed by atoms with E-state index in [0.29, 0.717) is 69.5 Å². The minimum atomic E-state index is -1.82. The number of esters is 1. The number of halogens is 2. The van der Waals surface area contributed by atoms with Gasteiger partial charge in [0.15, 0.2) is 0 Å². The Balaban J connectivity index is 0.00000600. The topological polar surface area (TPSA) is 173 Å². The van der Waals surface area contributed by atoms with Gasteiger partial charge in [-0.15, -0.1) is 22.7 Å². The molecule has 300 valence electrons. The second kappa shape index (κ2) is 19.2. The smallest absolute Gasteiger partial charge is 0.349 e. The van der Waals surface area contributed by atoms with Crippen LogP contribution in [0.15, 0.2) is 76.2 Å². The molecule has 1 fully saturated rings. The third-order valence-electron chi connectivity index (χ3n) is 10.1. The van der Waals surface area contributed by atoms with Crippen molar-refractivity contribution in [2.24, 2.45) is 0 Å². The molecule has 6 N–H and O–H groups in total. The minimum Gasteiger partial charge on any atom is -0.506 e. The van der Waals surface area contributed by atoms with Gasteiger partial charge in [-0.25, -0.2) is 4.79 Å². The highest BCUT2D eigenvalue weighted by atomic mass is 35.5. The summed E-state index contributed by atoms with van der Waals surface area (Å²) in [6, 6.07) is 16.8. The minimum absolute atomic E-state index is 0. The van der Waals surface area contributed by atoms with Crippen LogP contribution in [0.1, 0.15) is 59.1 Å². The molecule has 1 atom stereocenters. The van der Waals surface area contributed by atoms with Crippen molar-refractivity contribution >= 4 is 62.7 Å². The molecule has 0 spiro atoms. The van der Waals surface area contributed by atoms with Gasteiger partial charge in [0.05, 0.1) is 39.2 Å². The summed E-state index contributed by atoms with van der Waals surface area (Å²) >= 11 is 9.25. The van der Waals surface area contributed by atoms with Gasteiger partial charge in [0, 0.05) is 43.1 Å². The summed E-state index contributed by atoms with van der Waals surface area (Å²) in [5.74, 6) is -0.342. The number of rotatable bonds is 16. The summed E-state index contributed by atoms with van der Waals surface area (Å²) < 4.78 is 11.5. The SMILES string of the molecule is COc1cc(NC(=O)CCN(C)C2CCC(OC(=O)C(O)(c3cccs3)c3cccs3)CC2)c(Cl)cc1CCNC[C@@H](O)c1ccc(O)c2[nH]c(=O)ccc12.F. The number of phenols is 1. The zero-order valence-corrected chi connectivity index (χ0v) is 33.3. The number of thiophene rings is 2. The van der Waals surface area contributed by atoms with E-state index >= 15 is 0 Å². The highest BCUT2D eigenvalue weighted by Crippen LogP contribution is 2.38. The molecule has 1 aliphatic carbocycles. The fourth-order valence-electron chi connectivity index (χ4n) is 7.00. The first-order chi connectivity index (χ1) is 26.5. The van der Waals surface area contributed by atoms with Crippen molar-refractivity contribution in [3.63, 3.8) is 0 Å². The summed E-state index contributed by atoms with van der Waals surface area (Å²) in [4.78, 5) is 44.0. The molecule has 12 nitrogen and oxygen atoms in total. The number of carbonyl (C=O) groups is 2. The number of hydrogen-bond acceptors (Lipinski definition) is 12. The Bertz CT molecular complexity index is 2110. The monoisotopic (exact) mass is 828 g/mol. The van der Waals surface area contributed by atoms with Gasteiger partial charge >= 0.3 is 5.97 Å². The van der Waals surface area contributed by atoms with Crippen molar-refractivity contribution in [1.82, 2.24) is 15.2 Å². The predicted octanol–water partition coefficient (Wildman–Crippen LogP) is 6.09. The van der Waals surface area contributed by atoms with Crippen molar-refractivity contribution in [3.8, 4) is 11.5 Å². The largest absolute Gasteiger partial charge is 0.506 e. The van der Waals surface area contributed by atoms with Crippen LogP contribution in [0.2, 0.25) is 5.02 Å². The molecule has 5 aromatic rings. The molecule has 2 aromatic carbocycles. The van der Waals surface area contributed by atoms with Crippen LogP contribution in [0, 0.1) is 0 Å². The number of nitrogens with one attached hydrogen (secondary N) is 3. The fourth-order valence-corrected chi connectivity index (χ4v) is 8.95. The first-order valence-electron chi connectivity index (χ1n) is 18.1. The number of aromatic nitrogens is 1. The van der Waals surface area contributed by atoms with Gasteiger partial charge in [0.25, 0.3) is 0 Å². The second-order valence-corrected chi connectivity index (χ2v) is 16.0. The van der Waals surface area contributed by atoms with Gasteiger partial charge < -0.3 is 45.3 Å². The number of amides is 1. The lowest BCUT2D eigenvalue weighted by Crippen LogP contribution is -2.42. The van der Waals surface area contributed by atoms with Crippen molar-refractivity contribution in [3.05, 3.63) is 108 Å². The maximum atomic E-state index is 13.4. The zero-order valence-electron chi connectivity index (χ0n) is 31.0. The van der Waals surface area contributed by atoms with E-state index in [1.54, 1.807) is 43.5 Å². The predicted molar refractivity (Wildman–Crippen MR) is 218 cm³/mol. The zero-order chi connectivity index (χ0) is 39.1. The number of methoxy groups -OCH3 is 1. The summed E-state index contributed by atoms with van der Waals surface area (Å²) in [7, 11) is 3.54. The number of H-pyrrole nitrogens is 1. The van der Waals surface area contributed by atoms with Crippen LogP contribution in [0.4, 0.5) is 10.4 Å². The maximum absolute atomic E-state index is 13.4. The van der Waals surface area contributed by atoms with E-state index in [0.717, 1.165) is 18.4 Å². The average Bonchev–Trinajstić information content (AvgIpc) is 3.93. The number of hydrogen-bond donors (Lipinski definition) is 6. The van der Waals surface area contributed by atoms with E-state index in [-0.39, 0.29) is 52.5 Å². The number of phenolic OH excluding ortho intramolecular Hbond substituents is 1. The number of carbonyl (C=O) groups excluding carboxylic acids is 2. The molecule has 0 unspecified atom stereocenters. The number of nitrogens with zero attached hydrogens (tertiary/aromatic N) is 1. The molecule has 6 rings (SSSR count). The van der Waals surface area contributed by atoms with Crippen molar-refractivity contribution in [1.29, 1.82) is 0 Å². The van der Waals surface area contributed by atoms with Crippen LogP contribution in [-0.4, -0.2) is 83.0 Å². The molecule has 1 aliphatic rings. The third-order valence-corrected chi connectivity index (χ3v) is 12.4. The highest BCUT2D eigenvalue weighted by Gasteiger charge is 2.45. The van der Waals surface area contributed by atoms with Gasteiger partial charge in [0.2, 0.25) is 17.1 Å². The number of fused-ring (bicyclic) bond motifs is 1. The Labute approximate surface area is 336 Å². The first kappa shape index (κ1) is 42.8. The third kappa shape index (κ3) is 9.77. The normalized spacial score (nSPS) is 16.3. The van der Waals surface area contributed by atoms with Gasteiger partial charge in [-0.3, -0.25) is 14.3 Å². The maximum Gasteiger partial charge on any atom is 0.349 e. The lowest BCUT2D eigenvalue weighted by atomic mass is 9.91. The number of aromatic hydroxyl groups is 1. The number of anilines is 1. The summed E-state index contributed by atoms with van der Waals surface area (Å²) in [5.41, 5.74) is -0.0489. The van der Waals surface area contributed by atoms with E-state index in [1.807, 2.05) is 29.9 Å². The van der Waals surface area contributed by atoms with Crippen molar-refractivity contribution in [2.75, 3.05) is 39.1 Å². The van der Waals surface area contributed by atoms with Crippen LogP contribution in [0.5, 0.6) is 11.5 Å². The number of pyridine rings is 1. The molecule has 0 radical (unpaired) electrons. The van der Waals surface area contributed by atoms with Gasteiger partial charge in [0.1, 0.15) is 17.6 Å². The fraction of sp³-hybridized carbons (Fsp3) is 0.375. The Hall–Kier alpha value is -4.35. The number of aliphatic hydroxyl groups is 2. The molecule has 3 aromatic heterocycles. The lowest BCUT2D eigenvalue weighted by Gasteiger charge is -2.35. The molecule has 0 bridgehead atoms. The number of benzene rings is 2. The molecule has 56 heavy (non-hydrogen) atoms. The molecular weight excluding hydrogens is 783 g/mol. The first-order valence-corrected chi connectivity index (χ1v) is 20.2. The van der Waals surface area contributed by atoms with Crippen LogP contribution in [0.3, 0.4) is 0 Å². The van der Waals surface area contributed by atoms with E-state index in [1.165, 1.54) is 34.8 Å². The molecule has 1 amide bonds. The highest BCUT2D eigenvalue weighted by molar-refractivity contribution is 7.12. The van der Waals surface area contributed by atoms with Crippen LogP contribution >= 0.6 is 34.3 Å². The van der Waals surface area contributed by atoms with Gasteiger partial charge in [-0.05, 0) is 97.9 Å². The molecule has 1 saturated carbocycles. The van der Waals surface area contributed by atoms with Gasteiger partial charge in [-0.1, -0.05) is 29.8 Å². The standard InChI is InChI=1S/C40H45ClN4O8S2.FH/c1-45(25-7-9-26(10-8-25)53-39(50)40(51,34-5-3-19-54-34)35-6-4-20-55-35)18-16-37(49)43-30-22-33(52-2)24(21-29(30)41)15-17-42-23-32(47)27-11-13-31(46)38-28(27)12-14-36(48)44-38;/h3-6,11-14,19-22,25-26,32,42,46-47,51H,7-10,15-18,23H2,1-2H3,(H,43,49)(H,44,48);1H/t25?,26?,32-;/m1./s1. The number of ether oxygens (including phenoxy) is 2. The summed E-state index contributed by atoms with van der Waals surface area (Å²) in [6.45, 7) is 1.24. The van der Waals surface area contributed by atoms with Crippen LogP contribution in [-0.2, 0) is 26.3 Å². The van der Waals surface area contributed by atoms with Crippen LogP contribution in [0.25, 0.3) is 10.9 Å². The van der Waals surface area contributed by atoms with E-state index in [4.69, 9.17) is 21.1 Å². The van der Waals surface area contributed by atoms with E-state index in [2.05, 4.69) is 20.5 Å². The Morgan fingerprint density at radius 2 is 1.75 bits per heavy atom. The Morgan fingerprint density at radius 1 is 1.05 bits per heavy atom. The second-order valence-electron chi connectivity index (χ2n) is 13.7. The van der Waals surface area contributed by atoms with Crippen molar-refractivity contribution < 1.29 is 39.1 Å².